The molecule has 3 unspecified atom stereocenters. The van der Waals surface area contributed by atoms with Crippen molar-refractivity contribution in [3.8, 4) is 0 Å². The van der Waals surface area contributed by atoms with Gasteiger partial charge in [0.1, 0.15) is 0 Å². The van der Waals surface area contributed by atoms with Crippen LogP contribution in [0.1, 0.15) is 85.0 Å². The highest BCUT2D eigenvalue weighted by atomic mass is 16.5. The van der Waals surface area contributed by atoms with E-state index in [4.69, 9.17) is 4.74 Å². The largest absolute Gasteiger partial charge is 0.393 e. The molecule has 2 aliphatic rings. The number of aliphatic hydroxyl groups excluding tert-OH is 1. The molecule has 0 radical (unpaired) electrons. The Balaban J connectivity index is 1.59. The maximum absolute atomic E-state index is 9.64. The van der Waals surface area contributed by atoms with Crippen molar-refractivity contribution in [2.24, 2.45) is 23.7 Å². The predicted molar refractivity (Wildman–Crippen MR) is 92.9 cm³/mol. The standard InChI is InChI=1S/C20H38O2/c1-15(2)4-5-16(3)6-12-20-13-9-18(14-22-20)17-7-10-19(21)11-8-17/h15-21H,4-14H2,1-3H3. The molecule has 1 saturated heterocycles. The van der Waals surface area contributed by atoms with Crippen molar-refractivity contribution < 1.29 is 9.84 Å². The van der Waals surface area contributed by atoms with E-state index in [2.05, 4.69) is 20.8 Å². The fourth-order valence-electron chi connectivity index (χ4n) is 4.23. The first-order valence-electron chi connectivity index (χ1n) is 9.84. The van der Waals surface area contributed by atoms with Gasteiger partial charge in [0.25, 0.3) is 0 Å². The van der Waals surface area contributed by atoms with Gasteiger partial charge in [-0.1, -0.05) is 33.6 Å². The molecule has 2 rings (SSSR count). The molecule has 0 aromatic heterocycles. The van der Waals surface area contributed by atoms with Crippen LogP contribution in [-0.4, -0.2) is 23.9 Å². The summed E-state index contributed by atoms with van der Waals surface area (Å²) in [7, 11) is 0. The van der Waals surface area contributed by atoms with E-state index in [9.17, 15) is 5.11 Å². The summed E-state index contributed by atoms with van der Waals surface area (Å²) in [6.45, 7) is 8.02. The molecule has 0 aromatic carbocycles. The third kappa shape index (κ3) is 6.20. The molecule has 0 spiro atoms. The second-order valence-corrected chi connectivity index (χ2v) is 8.52. The fraction of sp³-hybridized carbons (Fsp3) is 1.00. The Morgan fingerprint density at radius 1 is 0.864 bits per heavy atom. The van der Waals surface area contributed by atoms with Crippen molar-refractivity contribution in [2.45, 2.75) is 97.2 Å². The molecule has 1 heterocycles. The SMILES string of the molecule is CC(C)CCC(C)CCC1CCC(C2CCC(O)CC2)CO1. The molecule has 0 bridgehead atoms. The molecule has 1 aliphatic carbocycles. The van der Waals surface area contributed by atoms with E-state index in [-0.39, 0.29) is 6.10 Å². The van der Waals surface area contributed by atoms with Crippen LogP contribution in [0.4, 0.5) is 0 Å². The Bertz CT molecular complexity index is 286. The lowest BCUT2D eigenvalue weighted by Gasteiger charge is -2.37. The summed E-state index contributed by atoms with van der Waals surface area (Å²) in [5.74, 6) is 3.27. The number of rotatable bonds is 7. The van der Waals surface area contributed by atoms with Gasteiger partial charge in [0.15, 0.2) is 0 Å². The highest BCUT2D eigenvalue weighted by molar-refractivity contribution is 4.81. The van der Waals surface area contributed by atoms with Crippen LogP contribution in [-0.2, 0) is 4.74 Å². The third-order valence-corrected chi connectivity index (χ3v) is 6.03. The van der Waals surface area contributed by atoms with Crippen molar-refractivity contribution in [3.63, 3.8) is 0 Å². The Labute approximate surface area is 138 Å². The van der Waals surface area contributed by atoms with E-state index >= 15 is 0 Å². The van der Waals surface area contributed by atoms with Gasteiger partial charge in [0.05, 0.1) is 18.8 Å². The van der Waals surface area contributed by atoms with Gasteiger partial charge in [-0.15, -0.1) is 0 Å². The summed E-state index contributed by atoms with van der Waals surface area (Å²) in [5.41, 5.74) is 0. The van der Waals surface area contributed by atoms with Gasteiger partial charge in [-0.25, -0.2) is 0 Å². The Kier molecular flexibility index (Phi) is 7.70. The zero-order chi connectivity index (χ0) is 15.9. The normalized spacial score (nSPS) is 34.8. The van der Waals surface area contributed by atoms with E-state index in [0.29, 0.717) is 6.10 Å². The quantitative estimate of drug-likeness (QED) is 0.701. The molecule has 0 amide bonds. The Morgan fingerprint density at radius 2 is 1.55 bits per heavy atom. The monoisotopic (exact) mass is 310 g/mol. The first-order chi connectivity index (χ1) is 10.5. The van der Waals surface area contributed by atoms with Crippen LogP contribution in [0.25, 0.3) is 0 Å². The Hall–Kier alpha value is -0.0800. The molecule has 2 nitrogen and oxygen atoms in total. The summed E-state index contributed by atoms with van der Waals surface area (Å²) in [6, 6.07) is 0. The summed E-state index contributed by atoms with van der Waals surface area (Å²) >= 11 is 0. The van der Waals surface area contributed by atoms with Gasteiger partial charge in [0, 0.05) is 0 Å². The zero-order valence-electron chi connectivity index (χ0n) is 15.1. The first kappa shape index (κ1) is 18.3. The van der Waals surface area contributed by atoms with Crippen LogP contribution in [0, 0.1) is 23.7 Å². The summed E-state index contributed by atoms with van der Waals surface area (Å²) in [5, 5.41) is 9.64. The van der Waals surface area contributed by atoms with Crippen LogP contribution >= 0.6 is 0 Å². The second-order valence-electron chi connectivity index (χ2n) is 8.52. The van der Waals surface area contributed by atoms with E-state index in [1.807, 2.05) is 0 Å². The van der Waals surface area contributed by atoms with Crippen molar-refractivity contribution in [1.82, 2.24) is 0 Å². The van der Waals surface area contributed by atoms with Crippen LogP contribution in [0.2, 0.25) is 0 Å². The number of hydrogen-bond donors (Lipinski definition) is 1. The molecule has 2 heteroatoms. The molecule has 0 aromatic rings. The van der Waals surface area contributed by atoms with Gasteiger partial charge in [-0.3, -0.25) is 0 Å². The average molecular weight is 311 g/mol. The lowest BCUT2D eigenvalue weighted by molar-refractivity contribution is -0.0473. The van der Waals surface area contributed by atoms with Crippen molar-refractivity contribution in [3.05, 3.63) is 0 Å². The maximum atomic E-state index is 9.64. The summed E-state index contributed by atoms with van der Waals surface area (Å²) < 4.78 is 6.18. The maximum Gasteiger partial charge on any atom is 0.0575 e. The molecular weight excluding hydrogens is 272 g/mol. The molecule has 1 N–H and O–H groups in total. The Morgan fingerprint density at radius 3 is 2.14 bits per heavy atom. The lowest BCUT2D eigenvalue weighted by atomic mass is 9.76. The highest BCUT2D eigenvalue weighted by Gasteiger charge is 2.30. The number of hydrogen-bond acceptors (Lipinski definition) is 2. The number of aliphatic hydroxyl groups is 1. The predicted octanol–water partition coefficient (Wildman–Crippen LogP) is 5.19. The number of ether oxygens (including phenoxy) is 1. The van der Waals surface area contributed by atoms with E-state index in [1.165, 1.54) is 51.4 Å². The van der Waals surface area contributed by atoms with E-state index in [0.717, 1.165) is 43.1 Å². The van der Waals surface area contributed by atoms with Crippen molar-refractivity contribution in [1.29, 1.82) is 0 Å². The third-order valence-electron chi connectivity index (χ3n) is 6.03. The summed E-state index contributed by atoms with van der Waals surface area (Å²) in [6.07, 6.45) is 12.9. The van der Waals surface area contributed by atoms with Gasteiger partial charge < -0.3 is 9.84 Å². The van der Waals surface area contributed by atoms with Gasteiger partial charge in [-0.05, 0) is 75.0 Å². The van der Waals surface area contributed by atoms with Gasteiger partial charge >= 0.3 is 0 Å². The minimum absolute atomic E-state index is 0.0270. The lowest BCUT2D eigenvalue weighted by Crippen LogP contribution is -2.33. The van der Waals surface area contributed by atoms with Crippen molar-refractivity contribution >= 4 is 0 Å². The zero-order valence-corrected chi connectivity index (χ0v) is 15.1. The van der Waals surface area contributed by atoms with E-state index in [1.54, 1.807) is 0 Å². The van der Waals surface area contributed by atoms with Crippen LogP contribution < -0.4 is 0 Å². The molecule has 2 fully saturated rings. The molecule has 3 atom stereocenters. The molecular formula is C20H38O2. The topological polar surface area (TPSA) is 29.5 Å². The minimum Gasteiger partial charge on any atom is -0.393 e. The smallest absolute Gasteiger partial charge is 0.0575 e. The van der Waals surface area contributed by atoms with E-state index < -0.39 is 0 Å². The molecule has 1 aliphatic heterocycles. The second kappa shape index (κ2) is 9.27. The fourth-order valence-corrected chi connectivity index (χ4v) is 4.23. The van der Waals surface area contributed by atoms with Crippen LogP contribution in [0.15, 0.2) is 0 Å². The average Bonchev–Trinajstić information content (AvgIpc) is 2.52. The molecule has 22 heavy (non-hydrogen) atoms. The van der Waals surface area contributed by atoms with Gasteiger partial charge in [0.2, 0.25) is 0 Å². The van der Waals surface area contributed by atoms with Crippen molar-refractivity contribution in [2.75, 3.05) is 6.61 Å². The molecule has 1 saturated carbocycles. The molecule has 130 valence electrons. The van der Waals surface area contributed by atoms with Crippen LogP contribution in [0.3, 0.4) is 0 Å². The van der Waals surface area contributed by atoms with Gasteiger partial charge in [-0.2, -0.15) is 0 Å². The minimum atomic E-state index is -0.0270. The van der Waals surface area contributed by atoms with Crippen LogP contribution in [0.5, 0.6) is 0 Å². The summed E-state index contributed by atoms with van der Waals surface area (Å²) in [4.78, 5) is 0. The highest BCUT2D eigenvalue weighted by Crippen LogP contribution is 2.36. The first-order valence-corrected chi connectivity index (χ1v) is 9.84.